The molecule has 0 aliphatic rings. The smallest absolute Gasteiger partial charge is 0.528 e. The third kappa shape index (κ3) is 51.1. The third-order valence-corrected chi connectivity index (χ3v) is 6.04. The monoisotopic (exact) mass is 550 g/mol. The van der Waals surface area contributed by atoms with Crippen LogP contribution in [0.5, 0.6) is 0 Å². The zero-order valence-corrected chi connectivity index (χ0v) is 28.9. The van der Waals surface area contributed by atoms with E-state index in [9.17, 15) is 0 Å². The van der Waals surface area contributed by atoms with Crippen LogP contribution in [0.1, 0.15) is 125 Å². The fraction of sp³-hybridized carbons (Fsp3) is 1.00. The maximum absolute atomic E-state index is 2.28. The average molecular weight is 550 g/mol. The Morgan fingerprint density at radius 1 is 0.250 bits per heavy atom. The van der Waals surface area contributed by atoms with Crippen molar-refractivity contribution in [1.82, 2.24) is 0 Å². The summed E-state index contributed by atoms with van der Waals surface area (Å²) in [5.41, 5.74) is 0. The molecule has 0 atom stereocenters. The van der Waals surface area contributed by atoms with Crippen LogP contribution in [0.25, 0.3) is 0 Å². The number of rotatable bonds is 0. The molecule has 4 heteroatoms. The van der Waals surface area contributed by atoms with Crippen molar-refractivity contribution in [1.29, 1.82) is 0 Å². The SMILES string of the molecule is CC(C)(C)[P-]C(C)(C)C.CC(C)(C)[P-]C(C)(C)C.CC(C)(C)[P-]C(C)(C)C.[In+3]. The molecule has 0 aromatic carbocycles. The van der Waals surface area contributed by atoms with Crippen LogP contribution in [0.3, 0.4) is 0 Å². The van der Waals surface area contributed by atoms with E-state index in [0.29, 0.717) is 30.9 Å². The molecule has 0 saturated carbocycles. The van der Waals surface area contributed by atoms with Gasteiger partial charge < -0.3 is 25.7 Å². The molecule has 0 bridgehead atoms. The van der Waals surface area contributed by atoms with Gasteiger partial charge in [0.15, 0.2) is 0 Å². The Balaban J connectivity index is -0.000000152. The molecule has 28 heavy (non-hydrogen) atoms. The Kier molecular flexibility index (Phi) is 18.3. The van der Waals surface area contributed by atoms with E-state index in [1.807, 2.05) is 0 Å². The second-order valence-corrected chi connectivity index (χ2v) is 22.1. The summed E-state index contributed by atoms with van der Waals surface area (Å²) >= 11 is 0. The first-order valence-electron chi connectivity index (χ1n) is 10.3. The molecule has 168 valence electrons. The van der Waals surface area contributed by atoms with Crippen LogP contribution in [0.15, 0.2) is 0 Å². The van der Waals surface area contributed by atoms with Gasteiger partial charge in [0.2, 0.25) is 0 Å². The van der Waals surface area contributed by atoms with Gasteiger partial charge in [-0.15, -0.1) is 0 Å². The van der Waals surface area contributed by atoms with Crippen LogP contribution >= 0.6 is 25.7 Å². The largest absolute Gasteiger partial charge is 3.00 e. The topological polar surface area (TPSA) is 0 Å². The molecule has 0 unspecified atom stereocenters. The van der Waals surface area contributed by atoms with Gasteiger partial charge in [0.05, 0.1) is 0 Å². The molecule has 0 N–H and O–H groups in total. The summed E-state index contributed by atoms with van der Waals surface area (Å²) in [4.78, 5) is 0. The normalized spacial score (nSPS) is 13.5. The van der Waals surface area contributed by atoms with Gasteiger partial charge >= 0.3 is 25.8 Å². The fourth-order valence-corrected chi connectivity index (χ4v) is 9.06. The van der Waals surface area contributed by atoms with Crippen LogP contribution in [0, 0.1) is 0 Å². The second-order valence-electron chi connectivity index (χ2n) is 13.4. The standard InChI is InChI=1S/3C8H18P.In/c3*1-7(2,3)9-8(4,5)6;/h3*1-6H3;/q3*-1;+3. The molecular formula is C24H54InP3. The van der Waals surface area contributed by atoms with E-state index in [1.54, 1.807) is 0 Å². The van der Waals surface area contributed by atoms with Crippen LogP contribution in [-0.4, -0.2) is 56.8 Å². The number of hydrogen-bond acceptors (Lipinski definition) is 0. The van der Waals surface area contributed by atoms with Crippen molar-refractivity contribution in [2.24, 2.45) is 0 Å². The Morgan fingerprint density at radius 2 is 0.321 bits per heavy atom. The van der Waals surface area contributed by atoms with E-state index in [4.69, 9.17) is 0 Å². The maximum atomic E-state index is 2.28. The van der Waals surface area contributed by atoms with E-state index < -0.39 is 0 Å². The van der Waals surface area contributed by atoms with Gasteiger partial charge in [-0.2, -0.15) is 30.9 Å². The van der Waals surface area contributed by atoms with Crippen LogP contribution in [0.2, 0.25) is 0 Å². The summed E-state index contributed by atoms with van der Waals surface area (Å²) in [5, 5.41) is 2.74. The van der Waals surface area contributed by atoms with E-state index >= 15 is 0 Å². The maximum Gasteiger partial charge on any atom is 3.00 e. The minimum atomic E-state index is 0. The molecule has 0 aromatic rings. The zero-order valence-electron chi connectivity index (χ0n) is 22.9. The Morgan fingerprint density at radius 3 is 0.321 bits per heavy atom. The van der Waals surface area contributed by atoms with Crippen LogP contribution in [0.4, 0.5) is 0 Å². The first kappa shape index (κ1) is 37.5. The van der Waals surface area contributed by atoms with Crippen molar-refractivity contribution in [3.63, 3.8) is 0 Å². The van der Waals surface area contributed by atoms with Crippen molar-refractivity contribution >= 4 is 51.6 Å². The minimum absolute atomic E-state index is 0. The van der Waals surface area contributed by atoms with Gasteiger partial charge in [0.1, 0.15) is 0 Å². The molecule has 0 amide bonds. The van der Waals surface area contributed by atoms with Crippen molar-refractivity contribution < 1.29 is 0 Å². The Bertz CT molecular complexity index is 277. The first-order chi connectivity index (χ1) is 11.1. The van der Waals surface area contributed by atoms with Gasteiger partial charge in [-0.3, -0.25) is 0 Å². The van der Waals surface area contributed by atoms with Gasteiger partial charge in [-0.25, -0.2) is 0 Å². The van der Waals surface area contributed by atoms with Crippen molar-refractivity contribution in [3.05, 3.63) is 0 Å². The average Bonchev–Trinajstić information content (AvgIpc) is 1.96. The van der Waals surface area contributed by atoms with Gasteiger partial charge in [0, 0.05) is 0 Å². The zero-order chi connectivity index (χ0) is 23.1. The third-order valence-electron chi connectivity index (χ3n) is 2.01. The molecule has 0 radical (unpaired) electrons. The fourth-order valence-electron chi connectivity index (χ4n) is 3.02. The molecule has 0 heterocycles. The summed E-state index contributed by atoms with van der Waals surface area (Å²) in [5.74, 6) is 0. The molecule has 0 saturated heterocycles. The molecule has 0 aliphatic heterocycles. The van der Waals surface area contributed by atoms with Gasteiger partial charge in [0.25, 0.3) is 0 Å². The molecular weight excluding hydrogens is 496 g/mol. The predicted molar refractivity (Wildman–Crippen MR) is 145 cm³/mol. The van der Waals surface area contributed by atoms with E-state index in [2.05, 4.69) is 125 Å². The van der Waals surface area contributed by atoms with Crippen molar-refractivity contribution in [2.75, 3.05) is 0 Å². The molecule has 0 aliphatic carbocycles. The quantitative estimate of drug-likeness (QED) is 0.263. The first-order valence-corrected chi connectivity index (χ1v) is 13.0. The number of hydrogen-bond donors (Lipinski definition) is 0. The minimum Gasteiger partial charge on any atom is -0.528 e. The van der Waals surface area contributed by atoms with E-state index in [-0.39, 0.29) is 25.8 Å². The van der Waals surface area contributed by atoms with E-state index in [1.165, 1.54) is 25.7 Å². The van der Waals surface area contributed by atoms with E-state index in [0.717, 1.165) is 0 Å². The van der Waals surface area contributed by atoms with Crippen LogP contribution in [-0.2, 0) is 0 Å². The molecule has 0 fully saturated rings. The summed E-state index contributed by atoms with van der Waals surface area (Å²) in [6.45, 7) is 41.0. The molecule has 0 spiro atoms. The molecule has 0 aromatic heterocycles. The summed E-state index contributed by atoms with van der Waals surface area (Å²) < 4.78 is 0. The van der Waals surface area contributed by atoms with Crippen LogP contribution < -0.4 is 0 Å². The summed E-state index contributed by atoms with van der Waals surface area (Å²) in [6.07, 6.45) is 0. The molecule has 0 nitrogen and oxygen atoms in total. The summed E-state index contributed by atoms with van der Waals surface area (Å²) in [6, 6.07) is 0. The second kappa shape index (κ2) is 13.6. The van der Waals surface area contributed by atoms with Crippen molar-refractivity contribution in [3.8, 4) is 0 Å². The predicted octanol–water partition coefficient (Wildman–Crippen LogP) is 10.2. The Labute approximate surface area is 206 Å². The van der Waals surface area contributed by atoms with Gasteiger partial charge in [-0.05, 0) is 0 Å². The van der Waals surface area contributed by atoms with Gasteiger partial charge in [-0.1, -0.05) is 125 Å². The Hall–Kier alpha value is 2.16. The molecule has 0 rings (SSSR count). The summed E-state index contributed by atoms with van der Waals surface area (Å²) in [7, 11) is 4.60. The van der Waals surface area contributed by atoms with Crippen molar-refractivity contribution in [2.45, 2.75) is 156 Å².